The van der Waals surface area contributed by atoms with E-state index in [1.54, 1.807) is 30.3 Å². The van der Waals surface area contributed by atoms with Crippen LogP contribution < -0.4 is 14.8 Å². The summed E-state index contributed by atoms with van der Waals surface area (Å²) in [6.07, 6.45) is 3.10. The fourth-order valence-electron chi connectivity index (χ4n) is 2.38. The molecule has 2 aromatic carbocycles. The van der Waals surface area contributed by atoms with Gasteiger partial charge in [-0.2, -0.15) is 0 Å². The number of rotatable bonds is 6. The number of fused-ring (bicyclic) bond motifs is 1. The highest BCUT2D eigenvalue weighted by Crippen LogP contribution is 2.33. The first-order chi connectivity index (χ1) is 13.7. The average Bonchev–Trinajstić information content (AvgIpc) is 3.34. The molecule has 2 heterocycles. The van der Waals surface area contributed by atoms with Crippen molar-refractivity contribution in [3.63, 3.8) is 0 Å². The Labute approximate surface area is 168 Å². The maximum absolute atomic E-state index is 12.9. The standard InChI is InChI=1S/C19H14FN3O3S2/c20-14-5-1-13(2-6-14)10-27-19-23-22-18(28-19)21-17(24)8-4-12-3-7-15-16(9-12)26-11-25-15/h1-9H,10-11H2,(H,21,22,24)/b8-4-. The number of nitrogens with zero attached hydrogens (tertiary/aromatic N) is 2. The first-order valence-corrected chi connectivity index (χ1v) is 10.1. The summed E-state index contributed by atoms with van der Waals surface area (Å²) < 4.78 is 24.2. The molecule has 0 atom stereocenters. The summed E-state index contributed by atoms with van der Waals surface area (Å²) in [7, 11) is 0. The summed E-state index contributed by atoms with van der Waals surface area (Å²) in [4.78, 5) is 12.1. The van der Waals surface area contributed by atoms with Crippen molar-refractivity contribution in [2.75, 3.05) is 12.1 Å². The van der Waals surface area contributed by atoms with E-state index in [0.29, 0.717) is 22.4 Å². The molecular weight excluding hydrogens is 401 g/mol. The molecule has 0 saturated heterocycles. The Balaban J connectivity index is 1.30. The maximum Gasteiger partial charge on any atom is 0.250 e. The topological polar surface area (TPSA) is 73.3 Å². The van der Waals surface area contributed by atoms with Gasteiger partial charge in [0.15, 0.2) is 15.8 Å². The summed E-state index contributed by atoms with van der Waals surface area (Å²) >= 11 is 2.76. The molecule has 9 heteroatoms. The Morgan fingerprint density at radius 3 is 2.86 bits per heavy atom. The van der Waals surface area contributed by atoms with Gasteiger partial charge >= 0.3 is 0 Å². The molecule has 3 aromatic rings. The molecule has 6 nitrogen and oxygen atoms in total. The fourth-order valence-corrected chi connectivity index (χ4v) is 4.09. The zero-order chi connectivity index (χ0) is 19.3. The number of hydrogen-bond donors (Lipinski definition) is 1. The molecule has 1 N–H and O–H groups in total. The number of benzene rings is 2. The predicted molar refractivity (Wildman–Crippen MR) is 106 cm³/mol. The van der Waals surface area contributed by atoms with Crippen molar-refractivity contribution < 1.29 is 18.7 Å². The second-order valence-corrected chi connectivity index (χ2v) is 7.92. The van der Waals surface area contributed by atoms with Crippen LogP contribution in [0.5, 0.6) is 11.5 Å². The van der Waals surface area contributed by atoms with Crippen molar-refractivity contribution in [2.24, 2.45) is 0 Å². The van der Waals surface area contributed by atoms with Crippen LogP contribution in [0.1, 0.15) is 11.1 Å². The molecule has 0 unspecified atom stereocenters. The minimum Gasteiger partial charge on any atom is -0.454 e. The van der Waals surface area contributed by atoms with Gasteiger partial charge in [-0.05, 0) is 41.5 Å². The van der Waals surface area contributed by atoms with Crippen LogP contribution in [0.2, 0.25) is 0 Å². The molecule has 0 fully saturated rings. The Hall–Kier alpha value is -2.91. The van der Waals surface area contributed by atoms with E-state index < -0.39 is 0 Å². The number of aromatic nitrogens is 2. The van der Waals surface area contributed by atoms with Crippen molar-refractivity contribution in [3.05, 3.63) is 65.5 Å². The number of carbonyl (C=O) groups excluding carboxylic acids is 1. The number of anilines is 1. The van der Waals surface area contributed by atoms with Gasteiger partial charge in [-0.1, -0.05) is 41.3 Å². The van der Waals surface area contributed by atoms with E-state index in [2.05, 4.69) is 15.5 Å². The lowest BCUT2D eigenvalue weighted by molar-refractivity contribution is -0.111. The Kier molecular flexibility index (Phi) is 5.54. The number of hydrogen-bond acceptors (Lipinski definition) is 7. The van der Waals surface area contributed by atoms with Gasteiger partial charge in [0.1, 0.15) is 5.82 Å². The summed E-state index contributed by atoms with van der Waals surface area (Å²) in [6, 6.07) is 11.8. The minimum absolute atomic E-state index is 0.210. The normalized spacial score (nSPS) is 12.5. The van der Waals surface area contributed by atoms with E-state index >= 15 is 0 Å². The van der Waals surface area contributed by atoms with Crippen molar-refractivity contribution in [2.45, 2.75) is 10.1 Å². The molecule has 0 radical (unpaired) electrons. The van der Waals surface area contributed by atoms with Crippen LogP contribution >= 0.6 is 23.1 Å². The van der Waals surface area contributed by atoms with Gasteiger partial charge in [0.25, 0.3) is 0 Å². The number of halogens is 1. The largest absolute Gasteiger partial charge is 0.454 e. The molecule has 1 aliphatic heterocycles. The first-order valence-electron chi connectivity index (χ1n) is 8.25. The number of nitrogens with one attached hydrogen (secondary N) is 1. The van der Waals surface area contributed by atoms with Gasteiger partial charge < -0.3 is 9.47 Å². The number of ether oxygens (including phenoxy) is 2. The highest BCUT2D eigenvalue weighted by Gasteiger charge is 2.12. The molecule has 142 valence electrons. The maximum atomic E-state index is 12.9. The van der Waals surface area contributed by atoms with E-state index in [9.17, 15) is 9.18 Å². The van der Waals surface area contributed by atoms with Crippen LogP contribution in [-0.2, 0) is 10.5 Å². The third kappa shape index (κ3) is 4.68. The average molecular weight is 415 g/mol. The lowest BCUT2D eigenvalue weighted by Gasteiger charge is -1.98. The van der Waals surface area contributed by atoms with E-state index in [1.807, 2.05) is 6.07 Å². The van der Waals surface area contributed by atoms with Crippen LogP contribution in [-0.4, -0.2) is 22.9 Å². The Morgan fingerprint density at radius 2 is 2.00 bits per heavy atom. The van der Waals surface area contributed by atoms with Crippen molar-refractivity contribution in [1.82, 2.24) is 10.2 Å². The highest BCUT2D eigenvalue weighted by molar-refractivity contribution is 8.00. The minimum atomic E-state index is -0.302. The third-order valence-electron chi connectivity index (χ3n) is 3.74. The van der Waals surface area contributed by atoms with Crippen LogP contribution in [0.3, 0.4) is 0 Å². The quantitative estimate of drug-likeness (QED) is 0.367. The second-order valence-electron chi connectivity index (χ2n) is 5.72. The summed E-state index contributed by atoms with van der Waals surface area (Å²) in [5.74, 6) is 1.44. The summed E-state index contributed by atoms with van der Waals surface area (Å²) in [5, 5.41) is 11.1. The summed E-state index contributed by atoms with van der Waals surface area (Å²) in [5.41, 5.74) is 1.81. The van der Waals surface area contributed by atoms with Gasteiger partial charge in [0, 0.05) is 11.8 Å². The molecule has 4 rings (SSSR count). The van der Waals surface area contributed by atoms with Crippen molar-refractivity contribution in [1.29, 1.82) is 0 Å². The molecule has 1 aliphatic rings. The molecule has 0 aliphatic carbocycles. The van der Waals surface area contributed by atoms with E-state index in [1.165, 1.54) is 41.3 Å². The highest BCUT2D eigenvalue weighted by atomic mass is 32.2. The zero-order valence-electron chi connectivity index (χ0n) is 14.4. The molecule has 0 bridgehead atoms. The first kappa shape index (κ1) is 18.5. The van der Waals surface area contributed by atoms with Crippen molar-refractivity contribution >= 4 is 40.2 Å². The monoisotopic (exact) mass is 415 g/mol. The van der Waals surface area contributed by atoms with E-state index in [0.717, 1.165) is 15.5 Å². The van der Waals surface area contributed by atoms with Gasteiger partial charge in [0.2, 0.25) is 17.8 Å². The number of carbonyl (C=O) groups is 1. The molecule has 0 spiro atoms. The van der Waals surface area contributed by atoms with Gasteiger partial charge in [-0.25, -0.2) is 4.39 Å². The Bertz CT molecular complexity index is 1020. The smallest absolute Gasteiger partial charge is 0.250 e. The molecule has 28 heavy (non-hydrogen) atoms. The number of amides is 1. The van der Waals surface area contributed by atoms with E-state index in [4.69, 9.17) is 9.47 Å². The van der Waals surface area contributed by atoms with E-state index in [-0.39, 0.29) is 18.5 Å². The molecule has 0 saturated carbocycles. The van der Waals surface area contributed by atoms with Gasteiger partial charge in [-0.3, -0.25) is 10.1 Å². The third-order valence-corrected chi connectivity index (χ3v) is 5.78. The van der Waals surface area contributed by atoms with Crippen LogP contribution in [0.25, 0.3) is 6.08 Å². The summed E-state index contributed by atoms with van der Waals surface area (Å²) in [6.45, 7) is 0.210. The van der Waals surface area contributed by atoms with Crippen LogP contribution in [0, 0.1) is 5.82 Å². The fraction of sp³-hybridized carbons (Fsp3) is 0.105. The van der Waals surface area contributed by atoms with Crippen LogP contribution in [0.15, 0.2) is 52.9 Å². The lowest BCUT2D eigenvalue weighted by Crippen LogP contribution is -2.07. The molecule has 1 amide bonds. The predicted octanol–water partition coefficient (Wildman–Crippen LogP) is 4.35. The van der Waals surface area contributed by atoms with Gasteiger partial charge in [0.05, 0.1) is 0 Å². The molecular formula is C19H14FN3O3S2. The van der Waals surface area contributed by atoms with Crippen molar-refractivity contribution in [3.8, 4) is 11.5 Å². The van der Waals surface area contributed by atoms with Crippen LogP contribution in [0.4, 0.5) is 9.52 Å². The van der Waals surface area contributed by atoms with Gasteiger partial charge in [-0.15, -0.1) is 10.2 Å². The molecule has 1 aromatic heterocycles. The lowest BCUT2D eigenvalue weighted by atomic mass is 10.2. The SMILES string of the molecule is O=C(/C=C\c1ccc2c(c1)OCO2)Nc1nnc(SCc2ccc(F)cc2)s1. The zero-order valence-corrected chi connectivity index (χ0v) is 16.1. The Morgan fingerprint density at radius 1 is 1.18 bits per heavy atom. The number of thioether (sulfide) groups is 1. The second kappa shape index (κ2) is 8.41.